The van der Waals surface area contributed by atoms with Crippen LogP contribution in [0.15, 0.2) is 84.0 Å². The van der Waals surface area contributed by atoms with Gasteiger partial charge in [0.2, 0.25) is 12.4 Å². The van der Waals surface area contributed by atoms with Crippen LogP contribution in [0.5, 0.6) is 0 Å². The minimum Gasteiger partial charge on any atom is -0.326 e. The van der Waals surface area contributed by atoms with E-state index in [-0.39, 0.29) is 10.8 Å². The molecule has 3 aromatic carbocycles. The number of alkyl halides is 3. The number of rotatable bonds is 10. The highest BCUT2D eigenvalue weighted by Gasteiger charge is 2.30. The Kier molecular flexibility index (Phi) is 19.5. The number of hydrogen-bond acceptors (Lipinski definition) is 6. The Labute approximate surface area is 294 Å². The van der Waals surface area contributed by atoms with E-state index in [0.29, 0.717) is 28.8 Å². The summed E-state index contributed by atoms with van der Waals surface area (Å²) in [6.07, 6.45) is 2.34. The quantitative estimate of drug-likeness (QED) is 0.141. The van der Waals surface area contributed by atoms with Crippen molar-refractivity contribution in [1.29, 1.82) is 0 Å². The summed E-state index contributed by atoms with van der Waals surface area (Å²) < 4.78 is 50.2. The minimum absolute atomic E-state index is 0.0579. The summed E-state index contributed by atoms with van der Waals surface area (Å²) >= 11 is 5.87. The fraction of sp³-hybridized carbons (Fsp3) is 0.333. The van der Waals surface area contributed by atoms with Crippen LogP contribution in [-0.4, -0.2) is 31.7 Å². The summed E-state index contributed by atoms with van der Waals surface area (Å²) in [5.41, 5.74) is 1.66. The van der Waals surface area contributed by atoms with Gasteiger partial charge < -0.3 is 16.0 Å². The van der Waals surface area contributed by atoms with Crippen molar-refractivity contribution in [2.45, 2.75) is 84.1 Å². The average molecular weight is 720 g/mol. The second-order valence-electron chi connectivity index (χ2n) is 10.3. The lowest BCUT2D eigenvalue weighted by Crippen LogP contribution is -2.14. The maximum atomic E-state index is 12.6. The summed E-state index contributed by atoms with van der Waals surface area (Å²) in [5, 5.41) is 8.77. The van der Waals surface area contributed by atoms with Crippen molar-refractivity contribution in [3.63, 3.8) is 0 Å². The van der Waals surface area contributed by atoms with E-state index in [4.69, 9.17) is 11.6 Å². The van der Waals surface area contributed by atoms with E-state index in [9.17, 15) is 27.0 Å². The third-order valence-electron chi connectivity index (χ3n) is 6.15. The van der Waals surface area contributed by atoms with Crippen LogP contribution in [0, 0.1) is 6.92 Å². The molecule has 0 aliphatic carbocycles. The fourth-order valence-electron chi connectivity index (χ4n) is 3.85. The van der Waals surface area contributed by atoms with Crippen molar-refractivity contribution < 1.29 is 27.0 Å². The molecule has 4 rings (SSSR count). The third kappa shape index (κ3) is 15.2. The molecule has 0 bridgehead atoms. The zero-order chi connectivity index (χ0) is 37.0. The van der Waals surface area contributed by atoms with Crippen LogP contribution in [0.3, 0.4) is 0 Å². The van der Waals surface area contributed by atoms with Gasteiger partial charge in [-0.1, -0.05) is 72.1 Å². The number of aryl methyl sites for hydroxylation is 1. The molecule has 49 heavy (non-hydrogen) atoms. The van der Waals surface area contributed by atoms with Gasteiger partial charge in [-0.3, -0.25) is 13.8 Å². The Morgan fingerprint density at radius 1 is 0.939 bits per heavy atom. The molecule has 2 unspecified atom stereocenters. The molecule has 0 aliphatic heterocycles. The van der Waals surface area contributed by atoms with Crippen LogP contribution in [-0.2, 0) is 21.8 Å². The highest BCUT2D eigenvalue weighted by atomic mass is 35.5. The number of anilines is 4. The van der Waals surface area contributed by atoms with E-state index >= 15 is 0 Å². The number of aromatic nitrogens is 2. The molecule has 0 spiro atoms. The van der Waals surface area contributed by atoms with Gasteiger partial charge in [0.05, 0.1) is 34.4 Å². The molecule has 13 heteroatoms. The van der Waals surface area contributed by atoms with Crippen LogP contribution in [0.25, 0.3) is 0 Å². The molecule has 0 saturated carbocycles. The lowest BCUT2D eigenvalue weighted by atomic mass is 10.1. The smallest absolute Gasteiger partial charge is 0.326 e. The fourth-order valence-corrected chi connectivity index (χ4v) is 5.28. The average Bonchev–Trinajstić information content (AvgIpc) is 3.09. The second-order valence-corrected chi connectivity index (χ2v) is 12.6. The molecule has 0 saturated heterocycles. The molecule has 2 amide bonds. The highest BCUT2D eigenvalue weighted by molar-refractivity contribution is 7.85. The van der Waals surface area contributed by atoms with Gasteiger partial charge in [-0.15, -0.1) is 0 Å². The summed E-state index contributed by atoms with van der Waals surface area (Å²) in [6.45, 7) is 14.1. The first-order chi connectivity index (χ1) is 23.3. The molecule has 4 aromatic rings. The van der Waals surface area contributed by atoms with Gasteiger partial charge in [-0.25, -0.2) is 9.97 Å². The molecule has 8 nitrogen and oxygen atoms in total. The minimum atomic E-state index is -4.48. The van der Waals surface area contributed by atoms with Crippen molar-refractivity contribution in [1.82, 2.24) is 9.97 Å². The Morgan fingerprint density at radius 2 is 1.53 bits per heavy atom. The highest BCUT2D eigenvalue weighted by Crippen LogP contribution is 2.30. The summed E-state index contributed by atoms with van der Waals surface area (Å²) in [6, 6.07) is 16.5. The van der Waals surface area contributed by atoms with Crippen LogP contribution in [0.1, 0.15) is 82.3 Å². The maximum Gasteiger partial charge on any atom is 0.416 e. The standard InChI is InChI=1S/C16H20N4O2S.C15H11ClF3NO.C3H8.C2H6/c1-3-4-12(2)23(22)15-7-5-13(6-8-15)20-16-17-9-14(10-18-16)19-11-21;1-9-7-12(5-6-13(9)16)20-14(21)10-3-2-4-11(8-10)15(17,18)19;1-3-2;1-2/h5-12H,3-4H2,1-2H3,(H,19,21)(H,17,18,20);2-8H,1H3,(H,20,21);3H2,1-2H3;1-2H3. The van der Waals surface area contributed by atoms with Gasteiger partial charge in [-0.2, -0.15) is 13.2 Å². The molecule has 0 aliphatic rings. The number of nitrogens with zero attached hydrogens (tertiary/aromatic N) is 2. The van der Waals surface area contributed by atoms with Crippen LogP contribution < -0.4 is 16.0 Å². The number of carbonyl (C=O) groups excluding carboxylic acids is 2. The van der Waals surface area contributed by atoms with E-state index in [2.05, 4.69) is 46.7 Å². The molecule has 1 aromatic heterocycles. The SMILES string of the molecule is CC.CCC.CCCC(C)S(=O)c1ccc(Nc2ncc(NC=O)cn2)cc1.Cc1cc(NC(=O)c2cccc(C(F)(F)F)c2)ccc1Cl. The largest absolute Gasteiger partial charge is 0.416 e. The van der Waals surface area contributed by atoms with Gasteiger partial charge in [0.15, 0.2) is 0 Å². The lowest BCUT2D eigenvalue weighted by Gasteiger charge is -2.11. The number of benzene rings is 3. The van der Waals surface area contributed by atoms with Gasteiger partial charge in [0.1, 0.15) is 0 Å². The number of nitrogens with one attached hydrogen (secondary N) is 3. The molecule has 1 heterocycles. The predicted molar refractivity (Wildman–Crippen MR) is 195 cm³/mol. The van der Waals surface area contributed by atoms with Crippen molar-refractivity contribution in [2.75, 3.05) is 16.0 Å². The Hall–Kier alpha value is -4.29. The van der Waals surface area contributed by atoms with E-state index in [1.54, 1.807) is 25.1 Å². The first-order valence-electron chi connectivity index (χ1n) is 15.9. The Balaban J connectivity index is 0.000000435. The zero-order valence-corrected chi connectivity index (χ0v) is 30.4. The summed E-state index contributed by atoms with van der Waals surface area (Å²) in [5.74, 6) is -0.183. The summed E-state index contributed by atoms with van der Waals surface area (Å²) in [4.78, 5) is 31.3. The van der Waals surface area contributed by atoms with Crippen LogP contribution >= 0.6 is 11.6 Å². The number of carbonyl (C=O) groups is 2. The number of hydrogen-bond donors (Lipinski definition) is 3. The molecule has 0 fully saturated rings. The van der Waals surface area contributed by atoms with Gasteiger partial charge in [-0.05, 0) is 79.6 Å². The second kappa shape index (κ2) is 22.4. The first kappa shape index (κ1) is 42.7. The van der Waals surface area contributed by atoms with Crippen molar-refractivity contribution in [3.8, 4) is 0 Å². The van der Waals surface area contributed by atoms with Crippen molar-refractivity contribution >= 4 is 57.7 Å². The van der Waals surface area contributed by atoms with Crippen molar-refractivity contribution in [2.24, 2.45) is 0 Å². The zero-order valence-electron chi connectivity index (χ0n) is 28.8. The van der Waals surface area contributed by atoms with E-state index in [1.165, 1.54) is 30.9 Å². The molecule has 3 N–H and O–H groups in total. The number of halogens is 4. The van der Waals surface area contributed by atoms with Crippen molar-refractivity contribution in [3.05, 3.63) is 101 Å². The van der Waals surface area contributed by atoms with Crippen LogP contribution in [0.4, 0.5) is 36.2 Å². The maximum absolute atomic E-state index is 12.6. The molecular weight excluding hydrogens is 675 g/mol. The summed E-state index contributed by atoms with van der Waals surface area (Å²) in [7, 11) is -0.989. The normalized spacial score (nSPS) is 11.5. The first-order valence-corrected chi connectivity index (χ1v) is 17.5. The third-order valence-corrected chi connectivity index (χ3v) is 8.28. The topological polar surface area (TPSA) is 113 Å². The molecule has 266 valence electrons. The van der Waals surface area contributed by atoms with Gasteiger partial charge in [0.25, 0.3) is 5.91 Å². The van der Waals surface area contributed by atoms with E-state index < -0.39 is 28.4 Å². The Morgan fingerprint density at radius 3 is 2.06 bits per heavy atom. The van der Waals surface area contributed by atoms with Gasteiger partial charge in [0, 0.05) is 32.1 Å². The van der Waals surface area contributed by atoms with Crippen LogP contribution in [0.2, 0.25) is 5.02 Å². The molecule has 0 radical (unpaired) electrons. The van der Waals surface area contributed by atoms with E-state index in [0.717, 1.165) is 41.1 Å². The van der Waals surface area contributed by atoms with E-state index in [1.807, 2.05) is 45.0 Å². The van der Waals surface area contributed by atoms with Gasteiger partial charge >= 0.3 is 6.18 Å². The molecule has 2 atom stereocenters. The Bertz CT molecular complexity index is 1610. The number of amides is 2. The monoisotopic (exact) mass is 719 g/mol. The molecular formula is C36H45ClF3N5O3S. The predicted octanol–water partition coefficient (Wildman–Crippen LogP) is 10.4. The lowest BCUT2D eigenvalue weighted by molar-refractivity contribution is -0.137.